The van der Waals surface area contributed by atoms with Gasteiger partial charge in [0.25, 0.3) is 0 Å². The minimum Gasteiger partial charge on any atom is -0.546 e. The number of ether oxygens (including phenoxy) is 1. The van der Waals surface area contributed by atoms with E-state index in [1.807, 2.05) is 6.92 Å². The third-order valence-corrected chi connectivity index (χ3v) is 2.94. The fourth-order valence-corrected chi connectivity index (χ4v) is 1.74. The Kier molecular flexibility index (Phi) is 8.28. The zero-order valence-corrected chi connectivity index (χ0v) is 13.8. The van der Waals surface area contributed by atoms with Gasteiger partial charge >= 0.3 is 11.8 Å². The summed E-state index contributed by atoms with van der Waals surface area (Å²) in [6, 6.07) is 4.41. The summed E-state index contributed by atoms with van der Waals surface area (Å²) in [5, 5.41) is 16.9. The van der Waals surface area contributed by atoms with Crippen LogP contribution in [0.1, 0.15) is 25.3 Å². The molecule has 0 spiro atoms. The number of halogens is 1. The highest BCUT2D eigenvalue weighted by Gasteiger charge is 2.11. The number of aliphatic carboxylic acids is 1. The van der Waals surface area contributed by atoms with E-state index in [4.69, 9.17) is 16.3 Å². The van der Waals surface area contributed by atoms with Gasteiger partial charge in [0, 0.05) is 17.1 Å². The standard InChI is InChI=1S/C15H18ClN3O5/c1-2-3-6-17-14(22)15(23)19-18-8-10-7-11(16)4-5-12(10)24-9-13(20)21/h4-5,7-8H,2-3,6,9H2,1H3,(H,17,22)(H,19,23)(H,20,21)/p-1/b18-8-. The van der Waals surface area contributed by atoms with Crippen molar-refractivity contribution in [2.24, 2.45) is 5.10 Å². The molecule has 0 aliphatic heterocycles. The summed E-state index contributed by atoms with van der Waals surface area (Å²) < 4.78 is 5.02. The molecule has 0 aliphatic carbocycles. The van der Waals surface area contributed by atoms with Gasteiger partial charge in [-0.05, 0) is 24.6 Å². The number of unbranched alkanes of at least 4 members (excludes halogenated alkanes) is 1. The average Bonchev–Trinajstić information content (AvgIpc) is 2.53. The molecule has 0 radical (unpaired) electrons. The van der Waals surface area contributed by atoms with Crippen molar-refractivity contribution in [1.82, 2.24) is 10.7 Å². The summed E-state index contributed by atoms with van der Waals surface area (Å²) in [6.07, 6.45) is 2.85. The van der Waals surface area contributed by atoms with Gasteiger partial charge in [-0.1, -0.05) is 24.9 Å². The second-order valence-corrected chi connectivity index (χ2v) is 5.09. The molecule has 0 unspecified atom stereocenters. The number of benzene rings is 1. The number of carbonyl (C=O) groups is 3. The summed E-state index contributed by atoms with van der Waals surface area (Å²) in [6.45, 7) is 1.72. The van der Waals surface area contributed by atoms with Crippen LogP contribution in [0, 0.1) is 0 Å². The number of hydrogen-bond acceptors (Lipinski definition) is 6. The lowest BCUT2D eigenvalue weighted by Gasteiger charge is -2.09. The van der Waals surface area contributed by atoms with Crippen molar-refractivity contribution >= 4 is 35.6 Å². The molecule has 0 atom stereocenters. The first-order valence-electron chi connectivity index (χ1n) is 7.17. The maximum absolute atomic E-state index is 11.5. The molecule has 2 N–H and O–H groups in total. The summed E-state index contributed by atoms with van der Waals surface area (Å²) in [5.74, 6) is -2.90. The van der Waals surface area contributed by atoms with Crippen LogP contribution in [0.3, 0.4) is 0 Å². The monoisotopic (exact) mass is 354 g/mol. The Bertz CT molecular complexity index is 634. The Morgan fingerprint density at radius 1 is 1.33 bits per heavy atom. The smallest absolute Gasteiger partial charge is 0.329 e. The molecule has 0 fully saturated rings. The molecule has 0 saturated carbocycles. The number of carboxylic acids is 1. The molecule has 24 heavy (non-hydrogen) atoms. The molecule has 0 aliphatic rings. The summed E-state index contributed by atoms with van der Waals surface area (Å²) >= 11 is 5.85. The van der Waals surface area contributed by atoms with Gasteiger partial charge in [0.2, 0.25) is 0 Å². The fourth-order valence-electron chi connectivity index (χ4n) is 1.56. The van der Waals surface area contributed by atoms with Crippen LogP contribution >= 0.6 is 11.6 Å². The van der Waals surface area contributed by atoms with Crippen molar-refractivity contribution in [2.75, 3.05) is 13.2 Å². The van der Waals surface area contributed by atoms with E-state index >= 15 is 0 Å². The fraction of sp³-hybridized carbons (Fsp3) is 0.333. The van der Waals surface area contributed by atoms with E-state index in [0.717, 1.165) is 12.8 Å². The van der Waals surface area contributed by atoms with Crippen molar-refractivity contribution in [1.29, 1.82) is 0 Å². The van der Waals surface area contributed by atoms with Crippen LogP contribution in [0.2, 0.25) is 5.02 Å². The molecule has 1 aromatic carbocycles. The Morgan fingerprint density at radius 3 is 2.75 bits per heavy atom. The number of carboxylic acid groups (broad SMARTS) is 1. The van der Waals surface area contributed by atoms with Crippen LogP contribution in [0.5, 0.6) is 5.75 Å². The molecule has 1 aromatic rings. The molecule has 2 amide bonds. The van der Waals surface area contributed by atoms with Gasteiger partial charge in [-0.3, -0.25) is 9.59 Å². The van der Waals surface area contributed by atoms with E-state index < -0.39 is 24.4 Å². The summed E-state index contributed by atoms with van der Waals surface area (Å²) in [5.41, 5.74) is 2.39. The van der Waals surface area contributed by atoms with E-state index in [1.165, 1.54) is 24.4 Å². The van der Waals surface area contributed by atoms with Gasteiger partial charge < -0.3 is 20.0 Å². The Morgan fingerprint density at radius 2 is 2.08 bits per heavy atom. The van der Waals surface area contributed by atoms with E-state index in [1.54, 1.807) is 0 Å². The van der Waals surface area contributed by atoms with Gasteiger partial charge in [0.05, 0.1) is 12.2 Å². The summed E-state index contributed by atoms with van der Waals surface area (Å²) in [4.78, 5) is 33.4. The highest BCUT2D eigenvalue weighted by Crippen LogP contribution is 2.21. The molecule has 0 aromatic heterocycles. The van der Waals surface area contributed by atoms with Gasteiger partial charge in [0.1, 0.15) is 12.4 Å². The van der Waals surface area contributed by atoms with Gasteiger partial charge in [-0.2, -0.15) is 5.10 Å². The highest BCUT2D eigenvalue weighted by atomic mass is 35.5. The molecular formula is C15H17ClN3O5-. The Labute approximate surface area is 143 Å². The first kappa shape index (κ1) is 19.4. The zero-order chi connectivity index (χ0) is 17.9. The molecule has 130 valence electrons. The average molecular weight is 355 g/mol. The van der Waals surface area contributed by atoms with Crippen molar-refractivity contribution in [3.8, 4) is 5.75 Å². The van der Waals surface area contributed by atoms with E-state index in [0.29, 0.717) is 17.1 Å². The zero-order valence-electron chi connectivity index (χ0n) is 13.0. The van der Waals surface area contributed by atoms with Crippen LogP contribution in [-0.4, -0.2) is 37.1 Å². The number of hydrazone groups is 1. The third-order valence-electron chi connectivity index (χ3n) is 2.71. The molecule has 1 rings (SSSR count). The lowest BCUT2D eigenvalue weighted by atomic mass is 10.2. The quantitative estimate of drug-likeness (QED) is 0.291. The molecule has 0 heterocycles. The highest BCUT2D eigenvalue weighted by molar-refractivity contribution is 6.35. The summed E-state index contributed by atoms with van der Waals surface area (Å²) in [7, 11) is 0. The maximum Gasteiger partial charge on any atom is 0.329 e. The first-order valence-corrected chi connectivity index (χ1v) is 7.55. The van der Waals surface area contributed by atoms with Crippen LogP contribution < -0.4 is 20.6 Å². The lowest BCUT2D eigenvalue weighted by Crippen LogP contribution is -2.38. The molecule has 0 saturated heterocycles. The first-order chi connectivity index (χ1) is 11.4. The molecule has 8 nitrogen and oxygen atoms in total. The number of rotatable bonds is 8. The maximum atomic E-state index is 11.5. The van der Waals surface area contributed by atoms with Crippen LogP contribution in [-0.2, 0) is 14.4 Å². The van der Waals surface area contributed by atoms with Crippen molar-refractivity contribution in [2.45, 2.75) is 19.8 Å². The number of nitrogens with zero attached hydrogens (tertiary/aromatic N) is 1. The minimum atomic E-state index is -1.38. The Hall–Kier alpha value is -2.61. The van der Waals surface area contributed by atoms with Crippen LogP contribution in [0.15, 0.2) is 23.3 Å². The predicted molar refractivity (Wildman–Crippen MR) is 85.6 cm³/mol. The van der Waals surface area contributed by atoms with Gasteiger partial charge in [-0.25, -0.2) is 5.43 Å². The number of nitrogens with one attached hydrogen (secondary N) is 2. The normalized spacial score (nSPS) is 10.4. The number of carbonyl (C=O) groups excluding carboxylic acids is 3. The molecule has 0 bridgehead atoms. The second-order valence-electron chi connectivity index (χ2n) is 4.65. The second kappa shape index (κ2) is 10.2. The SMILES string of the molecule is CCCCNC(=O)C(=O)N/N=C\c1cc(Cl)ccc1OCC(=O)[O-]. The van der Waals surface area contributed by atoms with Crippen molar-refractivity contribution in [3.05, 3.63) is 28.8 Å². The van der Waals surface area contributed by atoms with Gasteiger partial charge in [0.15, 0.2) is 0 Å². The molecular weight excluding hydrogens is 338 g/mol. The van der Waals surface area contributed by atoms with E-state index in [-0.39, 0.29) is 5.75 Å². The van der Waals surface area contributed by atoms with Crippen molar-refractivity contribution in [3.63, 3.8) is 0 Å². The minimum absolute atomic E-state index is 0.189. The predicted octanol–water partition coefficient (Wildman–Crippen LogP) is -0.165. The Balaban J connectivity index is 2.65. The number of hydrogen-bond donors (Lipinski definition) is 2. The van der Waals surface area contributed by atoms with E-state index in [9.17, 15) is 19.5 Å². The third kappa shape index (κ3) is 7.10. The van der Waals surface area contributed by atoms with Crippen LogP contribution in [0.4, 0.5) is 0 Å². The van der Waals surface area contributed by atoms with E-state index in [2.05, 4.69) is 15.8 Å². The van der Waals surface area contributed by atoms with Crippen LogP contribution in [0.25, 0.3) is 0 Å². The molecule has 9 heteroatoms. The number of amides is 2. The topological polar surface area (TPSA) is 120 Å². The largest absolute Gasteiger partial charge is 0.546 e. The lowest BCUT2D eigenvalue weighted by molar-refractivity contribution is -0.307. The van der Waals surface area contributed by atoms with Gasteiger partial charge in [-0.15, -0.1) is 0 Å². The van der Waals surface area contributed by atoms with Crippen molar-refractivity contribution < 1.29 is 24.2 Å².